The van der Waals surface area contributed by atoms with Gasteiger partial charge in [-0.05, 0) is 17.7 Å². The maximum atomic E-state index is 11.3. The van der Waals surface area contributed by atoms with Crippen LogP contribution >= 0.6 is 23.2 Å². The van der Waals surface area contributed by atoms with Gasteiger partial charge in [0.1, 0.15) is 0 Å². The molecule has 1 atom stereocenters. The summed E-state index contributed by atoms with van der Waals surface area (Å²) in [6.45, 7) is 0. The molecule has 0 N–H and O–H groups in total. The number of esters is 2. The fraction of sp³-hybridized carbons (Fsp3) is 0.200. The van der Waals surface area contributed by atoms with Crippen LogP contribution in [0.2, 0.25) is 10.0 Å². The van der Waals surface area contributed by atoms with Gasteiger partial charge in [0.15, 0.2) is 0 Å². The summed E-state index contributed by atoms with van der Waals surface area (Å²) >= 11 is 11.6. The summed E-state index contributed by atoms with van der Waals surface area (Å²) in [7, 11) is 0. The fourth-order valence-electron chi connectivity index (χ4n) is 1.50. The molecule has 78 valence electrons. The fourth-order valence-corrected chi connectivity index (χ4v) is 2.04. The summed E-state index contributed by atoms with van der Waals surface area (Å²) in [5, 5.41) is 0.862. The Morgan fingerprint density at radius 2 is 2.00 bits per heavy atom. The first-order chi connectivity index (χ1) is 7.08. The first kappa shape index (κ1) is 10.5. The Morgan fingerprint density at radius 1 is 1.27 bits per heavy atom. The molecule has 15 heavy (non-hydrogen) atoms. The smallest absolute Gasteiger partial charge is 0.321 e. The second-order valence-electron chi connectivity index (χ2n) is 3.22. The van der Waals surface area contributed by atoms with Crippen molar-refractivity contribution in [3.05, 3.63) is 33.8 Å². The number of rotatable bonds is 1. The molecule has 1 aliphatic heterocycles. The van der Waals surface area contributed by atoms with Crippen molar-refractivity contribution >= 4 is 35.1 Å². The highest BCUT2D eigenvalue weighted by atomic mass is 35.5. The molecule has 5 heteroatoms. The average Bonchev–Trinajstić information content (AvgIpc) is 2.45. The number of halogens is 2. The molecule has 1 aliphatic rings. The quantitative estimate of drug-likeness (QED) is 0.564. The zero-order valence-corrected chi connectivity index (χ0v) is 9.01. The van der Waals surface area contributed by atoms with Gasteiger partial charge in [-0.1, -0.05) is 29.3 Å². The summed E-state index contributed by atoms with van der Waals surface area (Å²) in [4.78, 5) is 22.2. The van der Waals surface area contributed by atoms with Crippen molar-refractivity contribution in [2.75, 3.05) is 0 Å². The molecular weight excluding hydrogens is 239 g/mol. The molecule has 0 saturated carbocycles. The van der Waals surface area contributed by atoms with E-state index in [1.807, 2.05) is 0 Å². The minimum atomic E-state index is -0.595. The average molecular weight is 245 g/mol. The van der Waals surface area contributed by atoms with E-state index in [9.17, 15) is 9.59 Å². The molecule has 0 aliphatic carbocycles. The Labute approximate surface area is 95.9 Å². The van der Waals surface area contributed by atoms with E-state index in [0.29, 0.717) is 15.6 Å². The number of hydrogen-bond donors (Lipinski definition) is 0. The molecule has 2 rings (SSSR count). The molecule has 1 unspecified atom stereocenters. The summed E-state index contributed by atoms with van der Waals surface area (Å²) in [6.07, 6.45) is 0.0419. The highest BCUT2D eigenvalue weighted by Gasteiger charge is 2.35. The maximum Gasteiger partial charge on any atom is 0.321 e. The summed E-state index contributed by atoms with van der Waals surface area (Å²) in [5.41, 5.74) is 0.580. The summed E-state index contributed by atoms with van der Waals surface area (Å²) in [6, 6.07) is 4.79. The number of carbonyl (C=O) groups is 2. The molecule has 1 fully saturated rings. The molecule has 0 spiro atoms. The van der Waals surface area contributed by atoms with Gasteiger partial charge >= 0.3 is 11.9 Å². The van der Waals surface area contributed by atoms with E-state index in [-0.39, 0.29) is 6.42 Å². The Balaban J connectivity index is 2.38. The van der Waals surface area contributed by atoms with Gasteiger partial charge in [-0.2, -0.15) is 0 Å². The van der Waals surface area contributed by atoms with E-state index in [0.717, 1.165) is 0 Å². The third-order valence-electron chi connectivity index (χ3n) is 2.21. The minimum Gasteiger partial charge on any atom is -0.393 e. The van der Waals surface area contributed by atoms with E-state index in [1.165, 1.54) is 6.07 Å². The van der Waals surface area contributed by atoms with Crippen molar-refractivity contribution in [3.63, 3.8) is 0 Å². The molecule has 1 saturated heterocycles. The number of carbonyl (C=O) groups excluding carboxylic acids is 2. The highest BCUT2D eigenvalue weighted by molar-refractivity contribution is 6.35. The SMILES string of the molecule is O=C1CC(c2ccc(Cl)cc2Cl)C(=O)O1. The molecule has 1 aromatic carbocycles. The van der Waals surface area contributed by atoms with Gasteiger partial charge in [0, 0.05) is 10.0 Å². The lowest BCUT2D eigenvalue weighted by molar-refractivity contribution is -0.152. The van der Waals surface area contributed by atoms with E-state index < -0.39 is 17.9 Å². The van der Waals surface area contributed by atoms with Gasteiger partial charge in [-0.15, -0.1) is 0 Å². The van der Waals surface area contributed by atoms with Crippen LogP contribution in [0.15, 0.2) is 18.2 Å². The van der Waals surface area contributed by atoms with E-state index >= 15 is 0 Å². The van der Waals surface area contributed by atoms with Crippen LogP contribution in [0, 0.1) is 0 Å². The lowest BCUT2D eigenvalue weighted by Gasteiger charge is -2.07. The van der Waals surface area contributed by atoms with E-state index in [2.05, 4.69) is 4.74 Å². The van der Waals surface area contributed by atoms with Crippen LogP contribution < -0.4 is 0 Å². The number of ether oxygens (including phenoxy) is 1. The third-order valence-corrected chi connectivity index (χ3v) is 2.77. The summed E-state index contributed by atoms with van der Waals surface area (Å²) < 4.78 is 4.44. The van der Waals surface area contributed by atoms with Gasteiger partial charge < -0.3 is 4.74 Å². The normalized spacial score (nSPS) is 20.5. The van der Waals surface area contributed by atoms with Gasteiger partial charge in [0.2, 0.25) is 0 Å². The zero-order chi connectivity index (χ0) is 11.0. The Hall–Kier alpha value is -1.06. The Kier molecular flexibility index (Phi) is 2.67. The Bertz CT molecular complexity index is 442. The second-order valence-corrected chi connectivity index (χ2v) is 4.06. The van der Waals surface area contributed by atoms with Crippen LogP contribution in [-0.4, -0.2) is 11.9 Å². The minimum absolute atomic E-state index is 0.0419. The van der Waals surface area contributed by atoms with Crippen molar-refractivity contribution in [2.45, 2.75) is 12.3 Å². The zero-order valence-electron chi connectivity index (χ0n) is 7.50. The molecule has 3 nitrogen and oxygen atoms in total. The third kappa shape index (κ3) is 1.98. The van der Waals surface area contributed by atoms with Gasteiger partial charge in [-0.25, -0.2) is 0 Å². The Morgan fingerprint density at radius 3 is 2.53 bits per heavy atom. The van der Waals surface area contributed by atoms with Crippen LogP contribution in [0.4, 0.5) is 0 Å². The first-order valence-corrected chi connectivity index (χ1v) is 5.03. The first-order valence-electron chi connectivity index (χ1n) is 4.27. The van der Waals surface area contributed by atoms with Crippen LogP contribution in [0.3, 0.4) is 0 Å². The van der Waals surface area contributed by atoms with E-state index in [4.69, 9.17) is 23.2 Å². The number of benzene rings is 1. The largest absolute Gasteiger partial charge is 0.393 e. The van der Waals surface area contributed by atoms with Crippen LogP contribution in [-0.2, 0) is 14.3 Å². The van der Waals surface area contributed by atoms with Gasteiger partial charge in [-0.3, -0.25) is 9.59 Å². The van der Waals surface area contributed by atoms with Crippen molar-refractivity contribution < 1.29 is 14.3 Å². The van der Waals surface area contributed by atoms with Gasteiger partial charge in [0.05, 0.1) is 12.3 Å². The molecule has 1 heterocycles. The monoisotopic (exact) mass is 244 g/mol. The number of hydrogen-bond acceptors (Lipinski definition) is 3. The topological polar surface area (TPSA) is 43.4 Å². The van der Waals surface area contributed by atoms with Crippen molar-refractivity contribution in [2.24, 2.45) is 0 Å². The van der Waals surface area contributed by atoms with Crippen molar-refractivity contribution in [1.82, 2.24) is 0 Å². The van der Waals surface area contributed by atoms with Gasteiger partial charge in [0.25, 0.3) is 0 Å². The lowest BCUT2D eigenvalue weighted by Crippen LogP contribution is -2.06. The van der Waals surface area contributed by atoms with Crippen LogP contribution in [0.1, 0.15) is 17.9 Å². The number of cyclic esters (lactones) is 2. The molecule has 0 aromatic heterocycles. The van der Waals surface area contributed by atoms with E-state index in [1.54, 1.807) is 12.1 Å². The highest BCUT2D eigenvalue weighted by Crippen LogP contribution is 2.33. The molecule has 0 bridgehead atoms. The van der Waals surface area contributed by atoms with Crippen molar-refractivity contribution in [1.29, 1.82) is 0 Å². The standard InChI is InChI=1S/C10H6Cl2O3/c11-5-1-2-6(8(12)3-5)7-4-9(13)15-10(7)14/h1-3,7H,4H2. The second kappa shape index (κ2) is 3.83. The lowest BCUT2D eigenvalue weighted by atomic mass is 9.98. The molecule has 0 amide bonds. The molecular formula is C10H6Cl2O3. The van der Waals surface area contributed by atoms with Crippen LogP contribution in [0.25, 0.3) is 0 Å². The predicted octanol–water partition coefficient (Wildman–Crippen LogP) is 2.55. The molecule has 0 radical (unpaired) electrons. The van der Waals surface area contributed by atoms with Crippen molar-refractivity contribution in [3.8, 4) is 0 Å². The predicted molar refractivity (Wildman–Crippen MR) is 54.9 cm³/mol. The maximum absolute atomic E-state index is 11.3. The van der Waals surface area contributed by atoms with Crippen LogP contribution in [0.5, 0.6) is 0 Å². The molecule has 1 aromatic rings. The summed E-state index contributed by atoms with van der Waals surface area (Å²) in [5.74, 6) is -1.66.